The summed E-state index contributed by atoms with van der Waals surface area (Å²) in [6.07, 6.45) is 0. The average molecular weight is 460 g/mol. The normalized spacial score (nSPS) is 11.8. The standard InChI is InChI=1S/C30H18ClNS/c31-21-12-15-30-26(18-21)25-16-19(11-14-29(25)33-30)20-10-13-24-23-8-4-5-9-27(23)32(28(24)17-20)22-6-2-1-3-7-22/h1-18H. The van der Waals surface area contributed by atoms with Gasteiger partial charge in [0.05, 0.1) is 11.0 Å². The van der Waals surface area contributed by atoms with E-state index < -0.39 is 0 Å². The van der Waals surface area contributed by atoms with Gasteiger partial charge in [0.15, 0.2) is 0 Å². The molecule has 0 bridgehead atoms. The Morgan fingerprint density at radius 3 is 2.06 bits per heavy atom. The van der Waals surface area contributed by atoms with Gasteiger partial charge in [-0.15, -0.1) is 11.3 Å². The van der Waals surface area contributed by atoms with Crippen molar-refractivity contribution >= 4 is 64.9 Å². The fraction of sp³-hybridized carbons (Fsp3) is 0. The zero-order valence-electron chi connectivity index (χ0n) is 17.6. The molecule has 0 amide bonds. The molecule has 0 spiro atoms. The lowest BCUT2D eigenvalue weighted by Gasteiger charge is -2.09. The highest BCUT2D eigenvalue weighted by molar-refractivity contribution is 7.25. The number of aromatic nitrogens is 1. The number of hydrogen-bond donors (Lipinski definition) is 0. The van der Waals surface area contributed by atoms with Gasteiger partial charge < -0.3 is 4.57 Å². The van der Waals surface area contributed by atoms with E-state index in [1.165, 1.54) is 58.8 Å². The van der Waals surface area contributed by atoms with E-state index in [1.54, 1.807) is 0 Å². The lowest BCUT2D eigenvalue weighted by atomic mass is 10.0. The molecule has 0 aliphatic rings. The number of rotatable bonds is 2. The maximum absolute atomic E-state index is 6.31. The molecule has 5 aromatic carbocycles. The fourth-order valence-electron chi connectivity index (χ4n) is 4.93. The van der Waals surface area contributed by atoms with Gasteiger partial charge in [-0.2, -0.15) is 0 Å². The minimum Gasteiger partial charge on any atom is -0.309 e. The third-order valence-electron chi connectivity index (χ3n) is 6.45. The van der Waals surface area contributed by atoms with Crippen LogP contribution < -0.4 is 0 Å². The number of fused-ring (bicyclic) bond motifs is 6. The molecule has 0 saturated heterocycles. The number of nitrogens with zero attached hydrogens (tertiary/aromatic N) is 1. The van der Waals surface area contributed by atoms with Gasteiger partial charge in [-0.25, -0.2) is 0 Å². The van der Waals surface area contributed by atoms with Crippen LogP contribution in [0, 0.1) is 0 Å². The SMILES string of the molecule is Clc1ccc2sc3ccc(-c4ccc5c6ccccc6n(-c6ccccc6)c5c4)cc3c2c1. The van der Waals surface area contributed by atoms with Crippen LogP contribution in [-0.4, -0.2) is 4.57 Å². The monoisotopic (exact) mass is 459 g/mol. The summed E-state index contributed by atoms with van der Waals surface area (Å²) in [5.41, 5.74) is 6.05. The molecule has 7 aromatic rings. The van der Waals surface area contributed by atoms with Crippen LogP contribution in [0.3, 0.4) is 0 Å². The zero-order valence-corrected chi connectivity index (χ0v) is 19.2. The molecule has 0 aliphatic heterocycles. The number of hydrogen-bond acceptors (Lipinski definition) is 1. The summed E-state index contributed by atoms with van der Waals surface area (Å²) in [7, 11) is 0. The van der Waals surface area contributed by atoms with Crippen molar-refractivity contribution in [3.8, 4) is 16.8 Å². The second-order valence-corrected chi connectivity index (χ2v) is 9.89. The first-order chi connectivity index (χ1) is 16.3. The van der Waals surface area contributed by atoms with Gasteiger partial charge in [-0.1, -0.05) is 66.2 Å². The topological polar surface area (TPSA) is 4.93 Å². The largest absolute Gasteiger partial charge is 0.309 e. The van der Waals surface area contributed by atoms with E-state index >= 15 is 0 Å². The van der Waals surface area contributed by atoms with Crippen molar-refractivity contribution in [2.24, 2.45) is 0 Å². The predicted octanol–water partition coefficient (Wildman–Crippen LogP) is 9.47. The van der Waals surface area contributed by atoms with Crippen molar-refractivity contribution in [3.63, 3.8) is 0 Å². The summed E-state index contributed by atoms with van der Waals surface area (Å²) in [5.74, 6) is 0. The third-order valence-corrected chi connectivity index (χ3v) is 7.84. The first-order valence-electron chi connectivity index (χ1n) is 11.0. The quantitative estimate of drug-likeness (QED) is 0.242. The number of para-hydroxylation sites is 2. The van der Waals surface area contributed by atoms with Gasteiger partial charge in [0.2, 0.25) is 0 Å². The number of halogens is 1. The van der Waals surface area contributed by atoms with Crippen molar-refractivity contribution in [2.45, 2.75) is 0 Å². The van der Waals surface area contributed by atoms with Gasteiger partial charge in [0.1, 0.15) is 0 Å². The fourth-order valence-corrected chi connectivity index (χ4v) is 6.17. The highest BCUT2D eigenvalue weighted by atomic mass is 35.5. The number of thiophene rings is 1. The smallest absolute Gasteiger partial charge is 0.0547 e. The lowest BCUT2D eigenvalue weighted by Crippen LogP contribution is -1.93. The summed E-state index contributed by atoms with van der Waals surface area (Å²) in [6, 6.07) is 39.0. The van der Waals surface area contributed by atoms with Crippen LogP contribution in [-0.2, 0) is 0 Å². The Labute approximate surface area is 200 Å². The van der Waals surface area contributed by atoms with Gasteiger partial charge in [0.25, 0.3) is 0 Å². The Morgan fingerprint density at radius 2 is 1.18 bits per heavy atom. The summed E-state index contributed by atoms with van der Waals surface area (Å²) in [6.45, 7) is 0. The molecule has 1 nitrogen and oxygen atoms in total. The molecule has 156 valence electrons. The molecule has 0 saturated carbocycles. The van der Waals surface area contributed by atoms with Crippen LogP contribution in [0.15, 0.2) is 109 Å². The van der Waals surface area contributed by atoms with Gasteiger partial charge in [0, 0.05) is 41.7 Å². The molecule has 0 N–H and O–H groups in total. The van der Waals surface area contributed by atoms with E-state index in [1.807, 2.05) is 17.4 Å². The van der Waals surface area contributed by atoms with Crippen LogP contribution in [0.4, 0.5) is 0 Å². The molecule has 33 heavy (non-hydrogen) atoms. The van der Waals surface area contributed by atoms with E-state index in [0.29, 0.717) is 0 Å². The minimum absolute atomic E-state index is 0.779. The van der Waals surface area contributed by atoms with Crippen LogP contribution >= 0.6 is 22.9 Å². The van der Waals surface area contributed by atoms with Crippen molar-refractivity contribution < 1.29 is 0 Å². The van der Waals surface area contributed by atoms with E-state index in [0.717, 1.165) is 5.02 Å². The molecule has 3 heteroatoms. The first-order valence-corrected chi connectivity index (χ1v) is 12.2. The molecule has 2 heterocycles. The summed E-state index contributed by atoms with van der Waals surface area (Å²) in [4.78, 5) is 0. The zero-order chi connectivity index (χ0) is 21.9. The van der Waals surface area contributed by atoms with Crippen molar-refractivity contribution in [2.75, 3.05) is 0 Å². The lowest BCUT2D eigenvalue weighted by molar-refractivity contribution is 1.18. The molecule has 0 aliphatic carbocycles. The molecule has 2 aromatic heterocycles. The third kappa shape index (κ3) is 2.92. The Kier molecular flexibility index (Phi) is 4.14. The van der Waals surface area contributed by atoms with Crippen LogP contribution in [0.1, 0.15) is 0 Å². The second kappa shape index (κ2) is 7.21. The molecule has 0 fully saturated rings. The average Bonchev–Trinajstić information content (AvgIpc) is 3.39. The van der Waals surface area contributed by atoms with E-state index in [-0.39, 0.29) is 0 Å². The van der Waals surface area contributed by atoms with Crippen molar-refractivity contribution in [1.29, 1.82) is 0 Å². The Balaban J connectivity index is 1.50. The second-order valence-electron chi connectivity index (χ2n) is 8.37. The molecule has 0 atom stereocenters. The summed E-state index contributed by atoms with van der Waals surface area (Å²) >= 11 is 8.13. The van der Waals surface area contributed by atoms with E-state index in [9.17, 15) is 0 Å². The Morgan fingerprint density at radius 1 is 0.515 bits per heavy atom. The molecule has 0 unspecified atom stereocenters. The van der Waals surface area contributed by atoms with Crippen LogP contribution in [0.5, 0.6) is 0 Å². The summed E-state index contributed by atoms with van der Waals surface area (Å²) < 4.78 is 4.92. The van der Waals surface area contributed by atoms with Gasteiger partial charge in [-0.05, 0) is 65.7 Å². The molecular formula is C30H18ClNS. The maximum atomic E-state index is 6.31. The Hall–Kier alpha value is -3.59. The van der Waals surface area contributed by atoms with Crippen LogP contribution in [0.2, 0.25) is 5.02 Å². The van der Waals surface area contributed by atoms with Crippen molar-refractivity contribution in [3.05, 3.63) is 114 Å². The van der Waals surface area contributed by atoms with E-state index in [2.05, 4.69) is 108 Å². The molecule has 0 radical (unpaired) electrons. The Bertz CT molecular complexity index is 1830. The molecule has 7 rings (SSSR count). The highest BCUT2D eigenvalue weighted by Gasteiger charge is 2.14. The van der Waals surface area contributed by atoms with E-state index in [4.69, 9.17) is 11.6 Å². The number of benzene rings is 5. The highest BCUT2D eigenvalue weighted by Crippen LogP contribution is 2.39. The van der Waals surface area contributed by atoms with Crippen LogP contribution in [0.25, 0.3) is 58.8 Å². The predicted molar refractivity (Wildman–Crippen MR) is 144 cm³/mol. The maximum Gasteiger partial charge on any atom is 0.0547 e. The minimum atomic E-state index is 0.779. The van der Waals surface area contributed by atoms with Gasteiger partial charge >= 0.3 is 0 Å². The summed E-state index contributed by atoms with van der Waals surface area (Å²) in [5, 5.41) is 5.81. The first kappa shape index (κ1) is 18.9. The van der Waals surface area contributed by atoms with Crippen molar-refractivity contribution in [1.82, 2.24) is 4.57 Å². The van der Waals surface area contributed by atoms with Gasteiger partial charge in [-0.3, -0.25) is 0 Å². The molecular weight excluding hydrogens is 442 g/mol.